The van der Waals surface area contributed by atoms with Gasteiger partial charge in [0.2, 0.25) is 11.8 Å². The van der Waals surface area contributed by atoms with Crippen LogP contribution in [0.3, 0.4) is 0 Å². The zero-order valence-corrected chi connectivity index (χ0v) is 12.1. The first-order valence-corrected chi connectivity index (χ1v) is 6.97. The molecular formula is C13H26N4O2. The summed E-state index contributed by atoms with van der Waals surface area (Å²) in [6.45, 7) is 8.68. The molecule has 1 aliphatic rings. The molecule has 19 heavy (non-hydrogen) atoms. The van der Waals surface area contributed by atoms with E-state index in [1.54, 1.807) is 0 Å². The number of nitrogens with zero attached hydrogens (tertiary/aromatic N) is 1. The summed E-state index contributed by atoms with van der Waals surface area (Å²) in [6, 6.07) is -0.730. The van der Waals surface area contributed by atoms with Crippen molar-refractivity contribution in [2.75, 3.05) is 26.2 Å². The predicted octanol–water partition coefficient (Wildman–Crippen LogP) is -0.704. The molecule has 0 saturated carbocycles. The normalized spacial score (nSPS) is 22.2. The largest absolute Gasteiger partial charge is 0.368 e. The van der Waals surface area contributed by atoms with Gasteiger partial charge in [-0.05, 0) is 19.3 Å². The molecule has 1 aliphatic heterocycles. The maximum atomic E-state index is 12.1. The van der Waals surface area contributed by atoms with Gasteiger partial charge >= 0.3 is 0 Å². The van der Waals surface area contributed by atoms with Gasteiger partial charge < -0.3 is 16.4 Å². The maximum absolute atomic E-state index is 12.1. The second-order valence-corrected chi connectivity index (χ2v) is 5.51. The van der Waals surface area contributed by atoms with Gasteiger partial charge in [0, 0.05) is 26.2 Å². The monoisotopic (exact) mass is 270 g/mol. The Morgan fingerprint density at radius 3 is 2.68 bits per heavy atom. The molecule has 110 valence electrons. The topological polar surface area (TPSA) is 87.5 Å². The zero-order chi connectivity index (χ0) is 14.4. The van der Waals surface area contributed by atoms with E-state index < -0.39 is 6.04 Å². The van der Waals surface area contributed by atoms with Crippen LogP contribution in [0.4, 0.5) is 0 Å². The molecule has 0 aromatic carbocycles. The van der Waals surface area contributed by atoms with Crippen molar-refractivity contribution in [3.05, 3.63) is 0 Å². The zero-order valence-electron chi connectivity index (χ0n) is 12.1. The number of nitrogens with two attached hydrogens (primary N) is 1. The minimum atomic E-state index is -0.403. The van der Waals surface area contributed by atoms with E-state index in [0.717, 1.165) is 13.0 Å². The van der Waals surface area contributed by atoms with Crippen LogP contribution in [-0.4, -0.2) is 55.0 Å². The van der Waals surface area contributed by atoms with E-state index >= 15 is 0 Å². The molecule has 1 saturated heterocycles. The highest BCUT2D eigenvalue weighted by atomic mass is 16.2. The molecule has 0 aromatic rings. The van der Waals surface area contributed by atoms with Gasteiger partial charge in [0.1, 0.15) is 6.04 Å². The van der Waals surface area contributed by atoms with E-state index in [9.17, 15) is 9.59 Å². The summed E-state index contributed by atoms with van der Waals surface area (Å²) in [5.41, 5.74) is 5.38. The number of carbonyl (C=O) groups excluding carboxylic acids is 2. The quantitative estimate of drug-likeness (QED) is 0.595. The Morgan fingerprint density at radius 2 is 2.11 bits per heavy atom. The van der Waals surface area contributed by atoms with Crippen molar-refractivity contribution in [3.8, 4) is 0 Å². The lowest BCUT2D eigenvalue weighted by atomic mass is 10.1. The van der Waals surface area contributed by atoms with Crippen molar-refractivity contribution in [3.63, 3.8) is 0 Å². The second-order valence-electron chi connectivity index (χ2n) is 5.51. The first kappa shape index (κ1) is 15.9. The first-order valence-electron chi connectivity index (χ1n) is 6.97. The molecule has 2 atom stereocenters. The van der Waals surface area contributed by atoms with Crippen LogP contribution in [0.5, 0.6) is 0 Å². The SMILES string of the molecule is CC(C)CCNC(=O)C(C)N1CCNCC1C(N)=O. The van der Waals surface area contributed by atoms with Gasteiger partial charge in [-0.3, -0.25) is 14.5 Å². The molecule has 0 bridgehead atoms. The van der Waals surface area contributed by atoms with Crippen LogP contribution in [0.15, 0.2) is 0 Å². The summed E-state index contributed by atoms with van der Waals surface area (Å²) in [6.07, 6.45) is 0.958. The standard InChI is InChI=1S/C13H26N4O2/c1-9(2)4-5-16-13(19)10(3)17-7-6-15-8-11(17)12(14)18/h9-11,15H,4-8H2,1-3H3,(H2,14,18)(H,16,19). The smallest absolute Gasteiger partial charge is 0.237 e. The number of hydrogen-bond acceptors (Lipinski definition) is 4. The summed E-state index contributed by atoms with van der Waals surface area (Å²) in [4.78, 5) is 25.3. The van der Waals surface area contributed by atoms with E-state index in [1.807, 2.05) is 11.8 Å². The van der Waals surface area contributed by atoms with Gasteiger partial charge in [-0.1, -0.05) is 13.8 Å². The molecule has 0 spiro atoms. The van der Waals surface area contributed by atoms with E-state index in [-0.39, 0.29) is 17.9 Å². The molecule has 2 unspecified atom stereocenters. The van der Waals surface area contributed by atoms with Crippen molar-refractivity contribution >= 4 is 11.8 Å². The average molecular weight is 270 g/mol. The van der Waals surface area contributed by atoms with Crippen LogP contribution in [0, 0.1) is 5.92 Å². The van der Waals surface area contributed by atoms with Gasteiger partial charge in [0.25, 0.3) is 0 Å². The van der Waals surface area contributed by atoms with E-state index in [1.165, 1.54) is 0 Å². The lowest BCUT2D eigenvalue weighted by Crippen LogP contribution is -2.62. The van der Waals surface area contributed by atoms with Crippen LogP contribution < -0.4 is 16.4 Å². The first-order chi connectivity index (χ1) is 8.93. The van der Waals surface area contributed by atoms with Gasteiger partial charge in [0.05, 0.1) is 6.04 Å². The minimum absolute atomic E-state index is 0.0335. The number of primary amides is 1. The van der Waals surface area contributed by atoms with Gasteiger partial charge in [-0.25, -0.2) is 0 Å². The van der Waals surface area contributed by atoms with Gasteiger partial charge in [-0.2, -0.15) is 0 Å². The third kappa shape index (κ3) is 4.80. The fourth-order valence-electron chi connectivity index (χ4n) is 2.23. The van der Waals surface area contributed by atoms with Crippen molar-refractivity contribution in [2.45, 2.75) is 39.3 Å². The molecule has 6 heteroatoms. The maximum Gasteiger partial charge on any atom is 0.237 e. The summed E-state index contributed by atoms with van der Waals surface area (Å²) in [5, 5.41) is 6.04. The molecule has 0 aliphatic carbocycles. The van der Waals surface area contributed by atoms with Crippen LogP contribution in [0.1, 0.15) is 27.2 Å². The Labute approximate surface area is 115 Å². The number of piperazine rings is 1. The highest BCUT2D eigenvalue weighted by Crippen LogP contribution is 2.09. The lowest BCUT2D eigenvalue weighted by Gasteiger charge is -2.37. The van der Waals surface area contributed by atoms with E-state index in [0.29, 0.717) is 25.6 Å². The Kier molecular flexibility index (Phi) is 6.24. The van der Waals surface area contributed by atoms with Gasteiger partial charge in [-0.15, -0.1) is 0 Å². The van der Waals surface area contributed by atoms with Crippen molar-refractivity contribution in [1.29, 1.82) is 0 Å². The fraction of sp³-hybridized carbons (Fsp3) is 0.846. The van der Waals surface area contributed by atoms with Crippen molar-refractivity contribution < 1.29 is 9.59 Å². The molecule has 2 amide bonds. The third-order valence-electron chi connectivity index (χ3n) is 3.51. The average Bonchev–Trinajstić information content (AvgIpc) is 2.37. The number of nitrogens with one attached hydrogen (secondary N) is 2. The molecule has 0 aromatic heterocycles. The molecule has 1 heterocycles. The Hall–Kier alpha value is -1.14. The highest BCUT2D eigenvalue weighted by molar-refractivity contribution is 5.84. The van der Waals surface area contributed by atoms with Crippen LogP contribution in [0.25, 0.3) is 0 Å². The fourth-order valence-corrected chi connectivity index (χ4v) is 2.23. The molecular weight excluding hydrogens is 244 g/mol. The molecule has 1 fully saturated rings. The Bertz CT molecular complexity index is 320. The summed E-state index contributed by atoms with van der Waals surface area (Å²) >= 11 is 0. The number of rotatable bonds is 6. The van der Waals surface area contributed by atoms with Crippen molar-refractivity contribution in [2.24, 2.45) is 11.7 Å². The highest BCUT2D eigenvalue weighted by Gasteiger charge is 2.33. The molecule has 1 rings (SSSR count). The van der Waals surface area contributed by atoms with Crippen LogP contribution >= 0.6 is 0 Å². The minimum Gasteiger partial charge on any atom is -0.368 e. The third-order valence-corrected chi connectivity index (χ3v) is 3.51. The van der Waals surface area contributed by atoms with E-state index in [4.69, 9.17) is 5.73 Å². The number of hydrogen-bond donors (Lipinski definition) is 3. The van der Waals surface area contributed by atoms with E-state index in [2.05, 4.69) is 24.5 Å². The number of carbonyl (C=O) groups is 2. The van der Waals surface area contributed by atoms with Gasteiger partial charge in [0.15, 0.2) is 0 Å². The summed E-state index contributed by atoms with van der Waals surface area (Å²) in [7, 11) is 0. The molecule has 6 nitrogen and oxygen atoms in total. The predicted molar refractivity (Wildman–Crippen MR) is 74.5 cm³/mol. The Morgan fingerprint density at radius 1 is 1.42 bits per heavy atom. The summed E-state index contributed by atoms with van der Waals surface area (Å²) in [5.74, 6) is 0.149. The second kappa shape index (κ2) is 7.45. The van der Waals surface area contributed by atoms with Crippen LogP contribution in [-0.2, 0) is 9.59 Å². The summed E-state index contributed by atoms with van der Waals surface area (Å²) < 4.78 is 0. The Balaban J connectivity index is 2.51. The lowest BCUT2D eigenvalue weighted by molar-refractivity contribution is -0.131. The molecule has 0 radical (unpaired) electrons. The molecule has 4 N–H and O–H groups in total. The van der Waals surface area contributed by atoms with Crippen LogP contribution in [0.2, 0.25) is 0 Å². The van der Waals surface area contributed by atoms with Crippen molar-refractivity contribution in [1.82, 2.24) is 15.5 Å². The number of amides is 2.